The Morgan fingerprint density at radius 3 is 2.31 bits per heavy atom. The molecule has 0 amide bonds. The highest BCUT2D eigenvalue weighted by Gasteiger charge is 2.26. The Labute approximate surface area is 181 Å². The van der Waals surface area contributed by atoms with Gasteiger partial charge < -0.3 is 4.74 Å². The maximum Gasteiger partial charge on any atom is 0.329 e. The number of halogens is 1. The lowest BCUT2D eigenvalue weighted by molar-refractivity contribution is -0.143. The second-order valence-electron chi connectivity index (χ2n) is 6.35. The zero-order valence-corrected chi connectivity index (χ0v) is 18.5. The molecule has 0 aliphatic rings. The average Bonchev–Trinajstić information content (AvgIpc) is 3.27. The Bertz CT molecular complexity index is 1210. The predicted molar refractivity (Wildman–Crippen MR) is 119 cm³/mol. The SMILES string of the molecule is CCOC(=O)C(C#N)c1nsc2ccc(C)cc12.Cc1ccc2snc(Cl)c2c1. The van der Waals surface area contributed by atoms with Crippen LogP contribution >= 0.6 is 34.7 Å². The van der Waals surface area contributed by atoms with Crippen LogP contribution in [0.15, 0.2) is 36.4 Å². The summed E-state index contributed by atoms with van der Waals surface area (Å²) in [7, 11) is 0. The molecular formula is C21H18ClN3O2S2. The van der Waals surface area contributed by atoms with Gasteiger partial charge in [0.15, 0.2) is 11.1 Å². The van der Waals surface area contributed by atoms with E-state index in [2.05, 4.69) is 20.9 Å². The molecule has 8 heteroatoms. The molecule has 2 aromatic carbocycles. The lowest BCUT2D eigenvalue weighted by Crippen LogP contribution is -2.14. The number of esters is 1. The lowest BCUT2D eigenvalue weighted by Gasteiger charge is -2.06. The third-order valence-electron chi connectivity index (χ3n) is 4.16. The molecule has 1 unspecified atom stereocenters. The van der Waals surface area contributed by atoms with Crippen LogP contribution < -0.4 is 0 Å². The number of hydrogen-bond acceptors (Lipinski definition) is 7. The highest BCUT2D eigenvalue weighted by atomic mass is 35.5. The minimum absolute atomic E-state index is 0.262. The molecule has 2 heterocycles. The monoisotopic (exact) mass is 443 g/mol. The topological polar surface area (TPSA) is 75.9 Å². The summed E-state index contributed by atoms with van der Waals surface area (Å²) in [5, 5.41) is 11.7. The molecule has 0 spiro atoms. The van der Waals surface area contributed by atoms with Gasteiger partial charge in [-0.2, -0.15) is 14.0 Å². The first kappa shape index (κ1) is 21.2. The van der Waals surface area contributed by atoms with Crippen LogP contribution in [0.25, 0.3) is 20.2 Å². The van der Waals surface area contributed by atoms with Crippen LogP contribution in [-0.4, -0.2) is 21.3 Å². The Morgan fingerprint density at radius 1 is 1.10 bits per heavy atom. The first-order chi connectivity index (χ1) is 13.9. The van der Waals surface area contributed by atoms with Crippen LogP contribution in [0, 0.1) is 25.2 Å². The zero-order valence-electron chi connectivity index (χ0n) is 16.1. The van der Waals surface area contributed by atoms with Gasteiger partial charge in [0.1, 0.15) is 0 Å². The van der Waals surface area contributed by atoms with Crippen molar-refractivity contribution >= 4 is 60.8 Å². The molecule has 4 rings (SSSR count). The van der Waals surface area contributed by atoms with Gasteiger partial charge in [-0.05, 0) is 68.1 Å². The fourth-order valence-corrected chi connectivity index (χ4v) is 4.52. The molecular weight excluding hydrogens is 426 g/mol. The van der Waals surface area contributed by atoms with E-state index < -0.39 is 11.9 Å². The molecule has 0 N–H and O–H groups in total. The summed E-state index contributed by atoms with van der Waals surface area (Å²) in [6.45, 7) is 5.99. The van der Waals surface area contributed by atoms with E-state index in [4.69, 9.17) is 21.6 Å². The van der Waals surface area contributed by atoms with Gasteiger partial charge in [-0.15, -0.1) is 0 Å². The van der Waals surface area contributed by atoms with E-state index in [1.807, 2.05) is 44.2 Å². The van der Waals surface area contributed by atoms with E-state index in [-0.39, 0.29) is 6.61 Å². The van der Waals surface area contributed by atoms with E-state index in [1.54, 1.807) is 6.92 Å². The third-order valence-corrected chi connectivity index (χ3v) is 6.22. The molecule has 0 saturated carbocycles. The van der Waals surface area contributed by atoms with Crippen molar-refractivity contribution in [2.24, 2.45) is 0 Å². The fraction of sp³-hybridized carbons (Fsp3) is 0.238. The van der Waals surface area contributed by atoms with E-state index in [0.717, 1.165) is 25.7 Å². The second kappa shape index (κ2) is 9.31. The van der Waals surface area contributed by atoms with Crippen molar-refractivity contribution < 1.29 is 9.53 Å². The quantitative estimate of drug-likeness (QED) is 0.361. The van der Waals surface area contributed by atoms with E-state index in [1.165, 1.54) is 28.6 Å². The van der Waals surface area contributed by atoms with Gasteiger partial charge in [0.05, 0.1) is 27.8 Å². The summed E-state index contributed by atoms with van der Waals surface area (Å²) in [6, 6.07) is 14.0. The molecule has 0 fully saturated rings. The maximum atomic E-state index is 11.7. The Hall–Kier alpha value is -2.53. The molecule has 0 radical (unpaired) electrons. The number of rotatable bonds is 3. The molecule has 148 valence electrons. The van der Waals surface area contributed by atoms with Gasteiger partial charge in [-0.25, -0.2) is 0 Å². The minimum Gasteiger partial charge on any atom is -0.465 e. The van der Waals surface area contributed by atoms with Crippen molar-refractivity contribution in [2.75, 3.05) is 6.61 Å². The highest BCUT2D eigenvalue weighted by Crippen LogP contribution is 2.29. The molecule has 2 aromatic heterocycles. The fourth-order valence-electron chi connectivity index (χ4n) is 2.75. The van der Waals surface area contributed by atoms with Gasteiger partial charge in [-0.3, -0.25) is 4.79 Å². The van der Waals surface area contributed by atoms with Crippen LogP contribution in [0.4, 0.5) is 0 Å². The molecule has 4 aromatic rings. The Balaban J connectivity index is 0.000000186. The molecule has 29 heavy (non-hydrogen) atoms. The summed E-state index contributed by atoms with van der Waals surface area (Å²) in [4.78, 5) is 11.7. The Kier molecular flexibility index (Phi) is 6.80. The van der Waals surface area contributed by atoms with Crippen molar-refractivity contribution in [3.8, 4) is 6.07 Å². The highest BCUT2D eigenvalue weighted by molar-refractivity contribution is 7.14. The van der Waals surface area contributed by atoms with Crippen molar-refractivity contribution in [3.05, 3.63) is 58.4 Å². The lowest BCUT2D eigenvalue weighted by atomic mass is 10.0. The number of benzene rings is 2. The second-order valence-corrected chi connectivity index (χ2v) is 8.32. The molecule has 0 aliphatic carbocycles. The number of carbonyl (C=O) groups is 1. The zero-order chi connectivity index (χ0) is 21.0. The number of aryl methyl sites for hydroxylation is 2. The smallest absolute Gasteiger partial charge is 0.329 e. The summed E-state index contributed by atoms with van der Waals surface area (Å²) in [5.41, 5.74) is 2.80. The molecule has 0 saturated heterocycles. The number of aromatic nitrogens is 2. The van der Waals surface area contributed by atoms with Crippen LogP contribution in [-0.2, 0) is 9.53 Å². The standard InChI is InChI=1S/C13H12N2O2S.C8H6ClNS/c1-3-17-13(16)10(7-14)12-9-6-8(2)4-5-11(9)18-15-12;1-5-2-3-7-6(4-5)8(9)10-11-7/h4-6,10H,3H2,1-2H3;2-4H,1H3. The Morgan fingerprint density at radius 2 is 1.69 bits per heavy atom. The summed E-state index contributed by atoms with van der Waals surface area (Å²) in [6.07, 6.45) is 0. The van der Waals surface area contributed by atoms with Crippen LogP contribution in [0.3, 0.4) is 0 Å². The number of nitriles is 1. The normalized spacial score (nSPS) is 11.6. The number of nitrogens with zero attached hydrogens (tertiary/aromatic N) is 3. The first-order valence-electron chi connectivity index (χ1n) is 8.88. The number of ether oxygens (including phenoxy) is 1. The van der Waals surface area contributed by atoms with Crippen molar-refractivity contribution in [3.63, 3.8) is 0 Å². The molecule has 0 bridgehead atoms. The molecule has 5 nitrogen and oxygen atoms in total. The maximum absolute atomic E-state index is 11.7. The number of carbonyl (C=O) groups excluding carboxylic acids is 1. The van der Waals surface area contributed by atoms with Crippen LogP contribution in [0.1, 0.15) is 29.7 Å². The van der Waals surface area contributed by atoms with Gasteiger partial charge in [0.2, 0.25) is 0 Å². The minimum atomic E-state index is -0.944. The third kappa shape index (κ3) is 4.73. The van der Waals surface area contributed by atoms with Crippen LogP contribution in [0.5, 0.6) is 0 Å². The van der Waals surface area contributed by atoms with E-state index in [0.29, 0.717) is 10.8 Å². The number of hydrogen-bond donors (Lipinski definition) is 0. The molecule has 1 atom stereocenters. The summed E-state index contributed by atoms with van der Waals surface area (Å²) >= 11 is 8.58. The first-order valence-corrected chi connectivity index (χ1v) is 10.8. The molecule has 0 aliphatic heterocycles. The van der Waals surface area contributed by atoms with Crippen molar-refractivity contribution in [1.29, 1.82) is 5.26 Å². The van der Waals surface area contributed by atoms with Crippen molar-refractivity contribution in [2.45, 2.75) is 26.7 Å². The largest absolute Gasteiger partial charge is 0.465 e. The van der Waals surface area contributed by atoms with E-state index >= 15 is 0 Å². The van der Waals surface area contributed by atoms with Gasteiger partial charge in [0, 0.05) is 10.8 Å². The summed E-state index contributed by atoms with van der Waals surface area (Å²) < 4.78 is 15.3. The number of fused-ring (bicyclic) bond motifs is 2. The van der Waals surface area contributed by atoms with E-state index in [9.17, 15) is 4.79 Å². The van der Waals surface area contributed by atoms with Crippen LogP contribution in [0.2, 0.25) is 5.15 Å². The average molecular weight is 444 g/mol. The van der Waals surface area contributed by atoms with Gasteiger partial charge in [0.25, 0.3) is 0 Å². The van der Waals surface area contributed by atoms with Gasteiger partial charge in [-0.1, -0.05) is 34.9 Å². The predicted octanol–water partition coefficient (Wildman–Crippen LogP) is 6.03. The summed E-state index contributed by atoms with van der Waals surface area (Å²) in [5.74, 6) is -1.48. The van der Waals surface area contributed by atoms with Crippen molar-refractivity contribution in [1.82, 2.24) is 8.75 Å². The van der Waals surface area contributed by atoms with Gasteiger partial charge >= 0.3 is 5.97 Å².